The topological polar surface area (TPSA) is 44.4 Å². The Morgan fingerprint density at radius 1 is 0.875 bits per heavy atom. The molecular weight excluding hydrogens is 302 g/mol. The molecule has 0 N–H and O–H groups in total. The molecule has 0 aliphatic carbocycles. The third kappa shape index (κ3) is 2.12. The lowest BCUT2D eigenvalue weighted by Gasteiger charge is -2.17. The summed E-state index contributed by atoms with van der Waals surface area (Å²) in [5, 5.41) is 0.776. The van der Waals surface area contributed by atoms with Crippen LogP contribution < -0.4 is 10.4 Å². The molecule has 4 aromatic rings. The summed E-state index contributed by atoms with van der Waals surface area (Å²) in [6, 6.07) is 21.5. The number of fused-ring (bicyclic) bond motifs is 1. The second-order valence-corrected chi connectivity index (χ2v) is 5.40. The maximum absolute atomic E-state index is 12.7. The maximum Gasteiger partial charge on any atom is 0.327 e. The molecule has 4 rings (SSSR count). The van der Waals surface area contributed by atoms with Gasteiger partial charge >= 0.3 is 5.56 Å². The van der Waals surface area contributed by atoms with E-state index >= 15 is 0 Å². The second kappa shape index (κ2) is 5.74. The summed E-state index contributed by atoms with van der Waals surface area (Å²) in [4.78, 5) is 18.2. The van der Waals surface area contributed by atoms with Crippen LogP contribution in [0.4, 0.5) is 0 Å². The van der Waals surface area contributed by atoms with Crippen molar-refractivity contribution in [3.05, 3.63) is 83.3 Å². The van der Waals surface area contributed by atoms with Gasteiger partial charge in [-0.25, -0.2) is 0 Å². The molecule has 0 fully saturated rings. The monoisotopic (exact) mass is 317 g/mol. The number of nitrogens with zero attached hydrogens (tertiary/aromatic N) is 1. The van der Waals surface area contributed by atoms with Crippen molar-refractivity contribution >= 4 is 11.0 Å². The van der Waals surface area contributed by atoms with Gasteiger partial charge in [0.15, 0.2) is 0 Å². The van der Waals surface area contributed by atoms with E-state index in [2.05, 4.69) is 0 Å². The summed E-state index contributed by atoms with van der Waals surface area (Å²) in [6.45, 7) is 0. The van der Waals surface area contributed by atoms with Crippen LogP contribution in [0.5, 0.6) is 0 Å². The van der Waals surface area contributed by atoms with Crippen LogP contribution in [0.1, 0.15) is 0 Å². The Bertz CT molecular complexity index is 1050. The van der Waals surface area contributed by atoms with E-state index in [0.717, 1.165) is 22.1 Å². The van der Waals surface area contributed by atoms with Gasteiger partial charge in [-0.15, -0.1) is 4.73 Å². The molecule has 2 aromatic heterocycles. The maximum atomic E-state index is 12.7. The minimum atomic E-state index is -0.309. The van der Waals surface area contributed by atoms with Gasteiger partial charge in [-0.05, 0) is 11.6 Å². The lowest BCUT2D eigenvalue weighted by Crippen LogP contribution is -2.27. The van der Waals surface area contributed by atoms with Gasteiger partial charge in [0.1, 0.15) is 7.11 Å². The Morgan fingerprint density at radius 3 is 2.12 bits per heavy atom. The first-order valence-corrected chi connectivity index (χ1v) is 7.63. The summed E-state index contributed by atoms with van der Waals surface area (Å²) >= 11 is 0. The molecule has 0 radical (unpaired) electrons. The van der Waals surface area contributed by atoms with Crippen LogP contribution in [0.3, 0.4) is 0 Å². The fourth-order valence-electron chi connectivity index (χ4n) is 3.02. The molecule has 0 saturated carbocycles. The Kier molecular flexibility index (Phi) is 3.43. The van der Waals surface area contributed by atoms with Gasteiger partial charge in [-0.3, -0.25) is 4.79 Å². The van der Waals surface area contributed by atoms with Gasteiger partial charge in [0.2, 0.25) is 5.58 Å². The largest absolute Gasteiger partial charge is 0.458 e. The first kappa shape index (κ1) is 14.3. The van der Waals surface area contributed by atoms with Crippen LogP contribution in [-0.2, 0) is 0 Å². The fraction of sp³-hybridized carbons (Fsp3) is 0.0500. The third-order valence-electron chi connectivity index (χ3n) is 4.05. The standard InChI is InChI=1S/C20H15NO3/c1-23-21-18(15-10-6-3-7-11-15)17(14-8-4-2-5-9-14)16-12-13-24-19(16)20(21)22/h2-13H,1H3. The lowest BCUT2D eigenvalue weighted by atomic mass is 9.96. The Morgan fingerprint density at radius 2 is 1.50 bits per heavy atom. The van der Waals surface area contributed by atoms with Crippen molar-refractivity contribution < 1.29 is 9.25 Å². The minimum Gasteiger partial charge on any atom is -0.458 e. The number of rotatable bonds is 3. The third-order valence-corrected chi connectivity index (χ3v) is 4.05. The molecule has 2 heterocycles. The second-order valence-electron chi connectivity index (χ2n) is 5.40. The van der Waals surface area contributed by atoms with Crippen molar-refractivity contribution in [2.24, 2.45) is 0 Å². The van der Waals surface area contributed by atoms with E-state index in [4.69, 9.17) is 9.25 Å². The highest BCUT2D eigenvalue weighted by Gasteiger charge is 2.21. The predicted octanol–water partition coefficient (Wildman–Crippen LogP) is 3.99. The minimum absolute atomic E-state index is 0.287. The highest BCUT2D eigenvalue weighted by molar-refractivity contribution is 6.00. The molecular formula is C20H15NO3. The summed E-state index contributed by atoms with van der Waals surface area (Å²) < 4.78 is 6.73. The summed E-state index contributed by atoms with van der Waals surface area (Å²) in [5.41, 5.74) is 3.49. The van der Waals surface area contributed by atoms with Gasteiger partial charge in [-0.1, -0.05) is 60.7 Å². The van der Waals surface area contributed by atoms with E-state index in [1.165, 1.54) is 18.1 Å². The van der Waals surface area contributed by atoms with E-state index < -0.39 is 0 Å². The summed E-state index contributed by atoms with van der Waals surface area (Å²) in [6.07, 6.45) is 1.54. The van der Waals surface area contributed by atoms with E-state index in [1.807, 2.05) is 66.7 Å². The SMILES string of the molecule is COn1c(-c2ccccc2)c(-c2ccccc2)c2ccoc2c1=O. The number of benzene rings is 2. The van der Waals surface area contributed by atoms with E-state index in [-0.39, 0.29) is 11.1 Å². The highest BCUT2D eigenvalue weighted by Crippen LogP contribution is 2.36. The molecule has 0 bridgehead atoms. The van der Waals surface area contributed by atoms with Crippen molar-refractivity contribution in [3.8, 4) is 22.4 Å². The molecule has 4 heteroatoms. The quantitative estimate of drug-likeness (QED) is 0.574. The average Bonchev–Trinajstić information content (AvgIpc) is 3.13. The van der Waals surface area contributed by atoms with Gasteiger partial charge in [0.25, 0.3) is 0 Å². The molecule has 24 heavy (non-hydrogen) atoms. The zero-order valence-corrected chi connectivity index (χ0v) is 13.1. The van der Waals surface area contributed by atoms with Crippen LogP contribution in [0.15, 0.2) is 82.2 Å². The van der Waals surface area contributed by atoms with Crippen molar-refractivity contribution in [3.63, 3.8) is 0 Å². The molecule has 2 aromatic carbocycles. The normalized spacial score (nSPS) is 10.9. The van der Waals surface area contributed by atoms with Crippen LogP contribution in [0, 0.1) is 0 Å². The molecule has 4 nitrogen and oxygen atoms in total. The summed E-state index contributed by atoms with van der Waals surface area (Å²) in [7, 11) is 1.48. The van der Waals surface area contributed by atoms with Crippen molar-refractivity contribution in [1.82, 2.24) is 4.73 Å². The van der Waals surface area contributed by atoms with Crippen LogP contribution in [0.25, 0.3) is 33.4 Å². The number of furan rings is 1. The summed E-state index contributed by atoms with van der Waals surface area (Å²) in [5.74, 6) is 0. The van der Waals surface area contributed by atoms with Crippen LogP contribution in [-0.4, -0.2) is 11.8 Å². The first-order chi connectivity index (χ1) is 11.8. The number of aromatic nitrogens is 1. The van der Waals surface area contributed by atoms with Gasteiger partial charge in [0.05, 0.1) is 12.0 Å². The fourth-order valence-corrected chi connectivity index (χ4v) is 3.02. The Labute approximate surface area is 138 Å². The zero-order chi connectivity index (χ0) is 16.5. The Hall–Kier alpha value is -3.27. The van der Waals surface area contributed by atoms with Crippen molar-refractivity contribution in [2.75, 3.05) is 7.11 Å². The smallest absolute Gasteiger partial charge is 0.327 e. The van der Waals surface area contributed by atoms with E-state index in [9.17, 15) is 4.79 Å². The van der Waals surface area contributed by atoms with Crippen molar-refractivity contribution in [1.29, 1.82) is 0 Å². The zero-order valence-electron chi connectivity index (χ0n) is 13.1. The van der Waals surface area contributed by atoms with Gasteiger partial charge in [-0.2, -0.15) is 0 Å². The highest BCUT2D eigenvalue weighted by atomic mass is 16.7. The van der Waals surface area contributed by atoms with E-state index in [0.29, 0.717) is 5.69 Å². The molecule has 0 aliphatic heterocycles. The Balaban J connectivity index is 2.22. The first-order valence-electron chi connectivity index (χ1n) is 7.63. The van der Waals surface area contributed by atoms with Crippen LogP contribution >= 0.6 is 0 Å². The molecule has 0 saturated heterocycles. The molecule has 118 valence electrons. The van der Waals surface area contributed by atoms with Gasteiger partial charge in [0, 0.05) is 16.5 Å². The number of pyridine rings is 1. The average molecular weight is 317 g/mol. The predicted molar refractivity (Wildman–Crippen MR) is 93.9 cm³/mol. The number of hydrogen-bond donors (Lipinski definition) is 0. The van der Waals surface area contributed by atoms with Gasteiger partial charge < -0.3 is 9.25 Å². The van der Waals surface area contributed by atoms with Crippen LogP contribution in [0.2, 0.25) is 0 Å². The van der Waals surface area contributed by atoms with E-state index in [1.54, 1.807) is 0 Å². The number of hydrogen-bond acceptors (Lipinski definition) is 3. The molecule has 0 spiro atoms. The lowest BCUT2D eigenvalue weighted by molar-refractivity contribution is 0.162. The molecule has 0 amide bonds. The van der Waals surface area contributed by atoms with Crippen molar-refractivity contribution in [2.45, 2.75) is 0 Å². The molecule has 0 unspecified atom stereocenters. The molecule has 0 atom stereocenters. The molecule has 0 aliphatic rings.